The number of nitrogens with one attached hydrogen (secondary N) is 2. The average Bonchev–Trinajstić information content (AvgIpc) is 3.25. The van der Waals surface area contributed by atoms with Crippen LogP contribution in [-0.2, 0) is 14.4 Å². The second-order valence-electron chi connectivity index (χ2n) is 8.08. The number of anilines is 1. The molecule has 2 N–H and O–H groups in total. The molecule has 3 atom stereocenters. The molecule has 3 amide bonds. The lowest BCUT2D eigenvalue weighted by molar-refractivity contribution is -0.147. The van der Waals surface area contributed by atoms with Gasteiger partial charge in [0.15, 0.2) is 0 Å². The van der Waals surface area contributed by atoms with Crippen LogP contribution >= 0.6 is 0 Å². The molecule has 0 radical (unpaired) electrons. The van der Waals surface area contributed by atoms with E-state index < -0.39 is 6.04 Å². The number of likely N-dealkylation sites (tertiary alicyclic amines) is 1. The third-order valence-corrected chi connectivity index (χ3v) is 5.70. The van der Waals surface area contributed by atoms with E-state index in [9.17, 15) is 14.4 Å². The van der Waals surface area contributed by atoms with E-state index in [0.29, 0.717) is 24.9 Å². The first kappa shape index (κ1) is 18.5. The van der Waals surface area contributed by atoms with Crippen molar-refractivity contribution in [3.05, 3.63) is 42.6 Å². The molecule has 2 aliphatic rings. The Bertz CT molecular complexity index is 933. The van der Waals surface area contributed by atoms with Crippen molar-refractivity contribution in [3.8, 4) is 0 Å². The van der Waals surface area contributed by atoms with E-state index in [1.54, 1.807) is 0 Å². The van der Waals surface area contributed by atoms with Crippen molar-refractivity contribution in [1.29, 1.82) is 0 Å². The Morgan fingerprint density at radius 2 is 1.82 bits per heavy atom. The zero-order chi connectivity index (χ0) is 19.8. The quantitative estimate of drug-likeness (QED) is 0.616. The number of carbonyl (C=O) groups excluding carboxylic acids is 3. The lowest BCUT2D eigenvalue weighted by atomic mass is 9.85. The zero-order valence-electron chi connectivity index (χ0n) is 16.1. The van der Waals surface area contributed by atoms with Crippen LogP contribution < -0.4 is 5.32 Å². The number of fused-ring (bicyclic) bond motifs is 2. The highest BCUT2D eigenvalue weighted by molar-refractivity contribution is 6.11. The van der Waals surface area contributed by atoms with Gasteiger partial charge in [0.25, 0.3) is 0 Å². The Hall–Kier alpha value is -2.89. The number of allylic oxidation sites excluding steroid dienone is 2. The first-order chi connectivity index (χ1) is 13.5. The van der Waals surface area contributed by atoms with Crippen LogP contribution in [0.1, 0.15) is 33.1 Å². The van der Waals surface area contributed by atoms with Crippen LogP contribution in [0.25, 0.3) is 10.9 Å². The van der Waals surface area contributed by atoms with Gasteiger partial charge in [0.1, 0.15) is 6.04 Å². The molecule has 28 heavy (non-hydrogen) atoms. The van der Waals surface area contributed by atoms with Crippen LogP contribution in [-0.4, -0.2) is 33.6 Å². The number of H-pyrrole nitrogens is 1. The molecule has 146 valence electrons. The number of hydrogen-bond acceptors (Lipinski definition) is 3. The average molecular weight is 379 g/mol. The van der Waals surface area contributed by atoms with Crippen molar-refractivity contribution in [3.63, 3.8) is 0 Å². The van der Waals surface area contributed by atoms with E-state index in [1.807, 2.05) is 56.5 Å². The fraction of sp³-hybridized carbons (Fsp3) is 0.409. The van der Waals surface area contributed by atoms with Gasteiger partial charge in [-0.25, -0.2) is 0 Å². The summed E-state index contributed by atoms with van der Waals surface area (Å²) in [6, 6.07) is 6.73. The third kappa shape index (κ3) is 3.13. The van der Waals surface area contributed by atoms with Crippen molar-refractivity contribution < 1.29 is 14.4 Å². The number of amides is 3. The molecule has 1 saturated heterocycles. The van der Waals surface area contributed by atoms with Crippen molar-refractivity contribution in [2.24, 2.45) is 17.8 Å². The first-order valence-corrected chi connectivity index (χ1v) is 9.86. The third-order valence-electron chi connectivity index (χ3n) is 5.70. The number of aromatic amines is 1. The molecule has 1 aliphatic heterocycles. The lowest BCUT2D eigenvalue weighted by Gasteiger charge is -2.27. The normalized spacial score (nSPS) is 22.8. The van der Waals surface area contributed by atoms with Crippen molar-refractivity contribution in [2.45, 2.75) is 39.2 Å². The monoisotopic (exact) mass is 379 g/mol. The summed E-state index contributed by atoms with van der Waals surface area (Å²) >= 11 is 0. The van der Waals surface area contributed by atoms with Crippen molar-refractivity contribution >= 4 is 34.3 Å². The van der Waals surface area contributed by atoms with Gasteiger partial charge in [-0.2, -0.15) is 0 Å². The maximum atomic E-state index is 13.2. The number of aromatic nitrogens is 1. The van der Waals surface area contributed by atoms with Crippen molar-refractivity contribution in [1.82, 2.24) is 9.88 Å². The number of imide groups is 1. The zero-order valence-corrected chi connectivity index (χ0v) is 16.1. The molecule has 2 heterocycles. The number of rotatable bonds is 5. The fourth-order valence-electron chi connectivity index (χ4n) is 4.32. The Labute approximate surface area is 164 Å². The smallest absolute Gasteiger partial charge is 0.247 e. The van der Waals surface area contributed by atoms with Gasteiger partial charge in [-0.1, -0.05) is 32.1 Å². The lowest BCUT2D eigenvalue weighted by Crippen LogP contribution is -2.48. The minimum Gasteiger partial charge on any atom is -0.361 e. The molecule has 0 bridgehead atoms. The Balaban J connectivity index is 1.63. The Morgan fingerprint density at radius 3 is 2.46 bits per heavy atom. The van der Waals surface area contributed by atoms with E-state index in [4.69, 9.17) is 0 Å². The number of nitrogens with zero attached hydrogens (tertiary/aromatic N) is 1. The second kappa shape index (κ2) is 7.26. The highest BCUT2D eigenvalue weighted by Gasteiger charge is 2.51. The molecule has 0 saturated carbocycles. The molecule has 1 aromatic carbocycles. The van der Waals surface area contributed by atoms with Gasteiger partial charge in [-0.3, -0.25) is 19.3 Å². The summed E-state index contributed by atoms with van der Waals surface area (Å²) in [4.78, 5) is 43.6. The van der Waals surface area contributed by atoms with E-state index in [2.05, 4.69) is 10.3 Å². The molecule has 6 nitrogen and oxygen atoms in total. The second-order valence-corrected chi connectivity index (χ2v) is 8.08. The molecule has 1 aromatic heterocycles. The van der Waals surface area contributed by atoms with Crippen LogP contribution in [0.15, 0.2) is 42.6 Å². The van der Waals surface area contributed by atoms with Gasteiger partial charge in [-0.05, 0) is 43.4 Å². The molecular weight excluding hydrogens is 354 g/mol. The van der Waals surface area contributed by atoms with Crippen LogP contribution in [0.3, 0.4) is 0 Å². The summed E-state index contributed by atoms with van der Waals surface area (Å²) in [5.74, 6) is -1.21. The molecule has 4 rings (SSSR count). The van der Waals surface area contributed by atoms with Gasteiger partial charge in [0.05, 0.1) is 17.5 Å². The molecule has 6 heteroatoms. The van der Waals surface area contributed by atoms with E-state index in [0.717, 1.165) is 10.9 Å². The molecule has 1 fully saturated rings. The highest BCUT2D eigenvalue weighted by atomic mass is 16.2. The summed E-state index contributed by atoms with van der Waals surface area (Å²) < 4.78 is 0. The number of carbonyl (C=O) groups is 3. The molecule has 1 aliphatic carbocycles. The van der Waals surface area contributed by atoms with E-state index in [-0.39, 0.29) is 35.5 Å². The summed E-state index contributed by atoms with van der Waals surface area (Å²) in [5.41, 5.74) is 1.60. The molecular formula is C22H25N3O3. The molecule has 0 spiro atoms. The SMILES string of the molecule is CC(C)CC(C(=O)Nc1cccc2[nH]ccc12)N1C(=O)C2CC=CCC2C1=O. The van der Waals surface area contributed by atoms with Gasteiger partial charge in [0, 0.05) is 17.1 Å². The van der Waals surface area contributed by atoms with Gasteiger partial charge in [0.2, 0.25) is 17.7 Å². The summed E-state index contributed by atoms with van der Waals surface area (Å²) in [5, 5.41) is 3.85. The van der Waals surface area contributed by atoms with Crippen LogP contribution in [0, 0.1) is 17.8 Å². The summed E-state index contributed by atoms with van der Waals surface area (Å²) in [6.45, 7) is 3.99. The van der Waals surface area contributed by atoms with Gasteiger partial charge in [-0.15, -0.1) is 0 Å². The highest BCUT2D eigenvalue weighted by Crippen LogP contribution is 2.37. The fourth-order valence-corrected chi connectivity index (χ4v) is 4.32. The topological polar surface area (TPSA) is 82.3 Å². The van der Waals surface area contributed by atoms with Crippen molar-refractivity contribution in [2.75, 3.05) is 5.32 Å². The molecule has 3 unspecified atom stereocenters. The predicted molar refractivity (Wildman–Crippen MR) is 107 cm³/mol. The summed E-state index contributed by atoms with van der Waals surface area (Å²) in [7, 11) is 0. The largest absolute Gasteiger partial charge is 0.361 e. The number of benzene rings is 1. The van der Waals surface area contributed by atoms with E-state index >= 15 is 0 Å². The predicted octanol–water partition coefficient (Wildman–Crippen LogP) is 3.47. The minimum atomic E-state index is -0.792. The maximum Gasteiger partial charge on any atom is 0.247 e. The van der Waals surface area contributed by atoms with E-state index in [1.165, 1.54) is 4.90 Å². The van der Waals surface area contributed by atoms with Gasteiger partial charge >= 0.3 is 0 Å². The first-order valence-electron chi connectivity index (χ1n) is 9.86. The van der Waals surface area contributed by atoms with Crippen LogP contribution in [0.2, 0.25) is 0 Å². The van der Waals surface area contributed by atoms with Crippen LogP contribution in [0.5, 0.6) is 0 Å². The Kier molecular flexibility index (Phi) is 4.79. The maximum absolute atomic E-state index is 13.2. The standard InChI is InChI=1S/C22H25N3O3/c1-13(2)12-19(25-21(27)14-6-3-4-7-15(14)22(25)28)20(26)24-18-9-5-8-17-16(18)10-11-23-17/h3-5,8-11,13-15,19,23H,6-7,12H2,1-2H3,(H,24,26). The van der Waals surface area contributed by atoms with Gasteiger partial charge < -0.3 is 10.3 Å². The minimum absolute atomic E-state index is 0.167. The molecule has 2 aromatic rings. The van der Waals surface area contributed by atoms with Crippen LogP contribution in [0.4, 0.5) is 5.69 Å². The number of hydrogen-bond donors (Lipinski definition) is 2. The Morgan fingerprint density at radius 1 is 1.14 bits per heavy atom. The summed E-state index contributed by atoms with van der Waals surface area (Å²) in [6.07, 6.45) is 7.32.